The van der Waals surface area contributed by atoms with Gasteiger partial charge in [-0.3, -0.25) is 0 Å². The van der Waals surface area contributed by atoms with Gasteiger partial charge in [0.1, 0.15) is 0 Å². The second kappa shape index (κ2) is 11.5. The van der Waals surface area contributed by atoms with E-state index in [1.165, 1.54) is 122 Å². The summed E-state index contributed by atoms with van der Waals surface area (Å²) in [5, 5.41) is 7.86. The molecule has 8 aromatic carbocycles. The maximum Gasteiger partial charge on any atom is 0.247 e. The summed E-state index contributed by atoms with van der Waals surface area (Å²) in [6, 6.07) is 57.2. The summed E-state index contributed by atoms with van der Waals surface area (Å²) in [4.78, 5) is 5.45. The minimum atomic E-state index is 0.217. The van der Waals surface area contributed by atoms with E-state index in [9.17, 15) is 0 Å². The summed E-state index contributed by atoms with van der Waals surface area (Å²) in [6.45, 7) is 4.65. The van der Waals surface area contributed by atoms with Crippen molar-refractivity contribution >= 4 is 122 Å². The fourth-order valence-electron chi connectivity index (χ4n) is 9.82. The molecule has 3 aromatic heterocycles. The monoisotopic (exact) mass is 766 g/mol. The molecule has 0 aliphatic carbocycles. The van der Waals surface area contributed by atoms with Crippen LogP contribution in [-0.4, -0.2) is 15.8 Å². The third-order valence-corrected chi connectivity index (χ3v) is 15.5. The normalized spacial score (nSPS) is 13.4. The Morgan fingerprint density at radius 3 is 1.61 bits per heavy atom. The van der Waals surface area contributed by atoms with Crippen molar-refractivity contribution in [3.8, 4) is 11.4 Å². The highest BCUT2D eigenvalue weighted by Gasteiger charge is 2.39. The van der Waals surface area contributed by atoms with Gasteiger partial charge in [-0.05, 0) is 73.9 Å². The number of fused-ring (bicyclic) bond motifs is 16. The van der Waals surface area contributed by atoms with Gasteiger partial charge in [-0.2, -0.15) is 0 Å². The summed E-state index contributed by atoms with van der Waals surface area (Å²) in [6.07, 6.45) is 0. The maximum absolute atomic E-state index is 2.61. The predicted octanol–water partition coefficient (Wildman–Crippen LogP) is 12.3. The Bertz CT molecular complexity index is 3440. The fourth-order valence-corrected chi connectivity index (χ4v) is 13.7. The van der Waals surface area contributed by atoms with Crippen molar-refractivity contribution < 1.29 is 0 Å². The molecule has 0 saturated heterocycles. The number of thiophene rings is 1. The third-order valence-electron chi connectivity index (χ3n) is 12.1. The highest BCUT2D eigenvalue weighted by atomic mass is 32.2. The van der Waals surface area contributed by atoms with Gasteiger partial charge in [-0.15, -0.1) is 11.3 Å². The Balaban J connectivity index is 1.23. The van der Waals surface area contributed by atoms with Gasteiger partial charge in [-0.25, -0.2) is 0 Å². The van der Waals surface area contributed by atoms with Crippen LogP contribution < -0.4 is 16.4 Å². The number of benzene rings is 8. The Hall–Kier alpha value is -5.66. The SMILES string of the molecule is Cc1ccc2c(c1)Sc1cc(-n3c4ccccc4c4c5sc6ccccc6c5c5c(c6ccccc6n5-c5ccccc5)c43)cc3c1B2c1ccc(C)cc1S3. The molecule has 2 nitrogen and oxygen atoms in total. The third kappa shape index (κ3) is 4.16. The maximum atomic E-state index is 2.61. The Kier molecular flexibility index (Phi) is 6.45. The van der Waals surface area contributed by atoms with Crippen molar-refractivity contribution in [3.05, 3.63) is 163 Å². The summed E-state index contributed by atoms with van der Waals surface area (Å²) in [5.41, 5.74) is 14.3. The van der Waals surface area contributed by atoms with E-state index in [1.807, 2.05) is 34.9 Å². The summed E-state index contributed by atoms with van der Waals surface area (Å²) < 4.78 is 7.81. The number of aryl methyl sites for hydroxylation is 2. The van der Waals surface area contributed by atoms with Crippen LogP contribution >= 0.6 is 34.9 Å². The molecule has 0 atom stereocenters. The first-order valence-corrected chi connectivity index (χ1v) is 21.7. The summed E-state index contributed by atoms with van der Waals surface area (Å²) in [7, 11) is 0. The van der Waals surface area contributed by atoms with Crippen LogP contribution in [-0.2, 0) is 0 Å². The van der Waals surface area contributed by atoms with E-state index >= 15 is 0 Å². The number of para-hydroxylation sites is 3. The second-order valence-electron chi connectivity index (χ2n) is 15.4. The molecule has 262 valence electrons. The van der Waals surface area contributed by atoms with Crippen LogP contribution in [0.2, 0.25) is 0 Å². The zero-order chi connectivity index (χ0) is 36.8. The lowest BCUT2D eigenvalue weighted by atomic mass is 9.36. The van der Waals surface area contributed by atoms with E-state index in [0.717, 1.165) is 0 Å². The minimum absolute atomic E-state index is 0.217. The number of aromatic nitrogens is 2. The molecule has 2 aliphatic heterocycles. The first-order valence-electron chi connectivity index (χ1n) is 19.2. The molecule has 11 aromatic rings. The highest BCUT2D eigenvalue weighted by Crippen LogP contribution is 2.52. The van der Waals surface area contributed by atoms with E-state index in [0.29, 0.717) is 0 Å². The standard InChI is InChI=1S/C50H31BN2S3/c1-28-20-22-35-40(24-28)54-42-26-31(27-43-47(42)51(35)36-23-21-29(2)25-41(36)55-43)53-38-18-10-7-15-33(38)45-48(53)44-32-14-6-9-17-37(32)52(30-12-4-3-5-13-30)49(44)46-34-16-8-11-19-39(34)56-50(45)46/h3-27H,1-2H3. The molecule has 13 rings (SSSR count). The zero-order valence-corrected chi connectivity index (χ0v) is 33.1. The van der Waals surface area contributed by atoms with Crippen molar-refractivity contribution in [1.82, 2.24) is 9.13 Å². The first kappa shape index (κ1) is 31.5. The van der Waals surface area contributed by atoms with Crippen molar-refractivity contribution in [1.29, 1.82) is 0 Å². The second-order valence-corrected chi connectivity index (χ2v) is 18.6. The van der Waals surface area contributed by atoms with Crippen molar-refractivity contribution in [2.75, 3.05) is 0 Å². The van der Waals surface area contributed by atoms with Crippen LogP contribution in [0.15, 0.2) is 171 Å². The van der Waals surface area contributed by atoms with Crippen molar-refractivity contribution in [2.24, 2.45) is 0 Å². The van der Waals surface area contributed by atoms with Gasteiger partial charge in [0.05, 0.1) is 22.1 Å². The van der Waals surface area contributed by atoms with Crippen LogP contribution in [0.4, 0.5) is 0 Å². The fraction of sp³-hybridized carbons (Fsp3) is 0.0400. The molecule has 0 spiro atoms. The zero-order valence-electron chi connectivity index (χ0n) is 30.6. The molecule has 5 heterocycles. The smallest absolute Gasteiger partial charge is 0.247 e. The molecule has 0 N–H and O–H groups in total. The molecule has 56 heavy (non-hydrogen) atoms. The first-order chi connectivity index (χ1) is 27.6. The van der Waals surface area contributed by atoms with E-state index in [-0.39, 0.29) is 6.71 Å². The molecule has 6 heteroatoms. The van der Waals surface area contributed by atoms with E-state index < -0.39 is 0 Å². The highest BCUT2D eigenvalue weighted by molar-refractivity contribution is 8.01. The van der Waals surface area contributed by atoms with E-state index in [4.69, 9.17) is 0 Å². The Morgan fingerprint density at radius 1 is 0.446 bits per heavy atom. The van der Waals surface area contributed by atoms with Crippen molar-refractivity contribution in [3.63, 3.8) is 0 Å². The molecule has 2 aliphatic rings. The molecule has 0 saturated carbocycles. The van der Waals surface area contributed by atoms with Crippen LogP contribution in [0.1, 0.15) is 11.1 Å². The average molecular weight is 767 g/mol. The molecular weight excluding hydrogens is 736 g/mol. The van der Waals surface area contributed by atoms with Gasteiger partial charge < -0.3 is 9.13 Å². The minimum Gasteiger partial charge on any atom is -0.308 e. The lowest BCUT2D eigenvalue weighted by molar-refractivity contribution is 1.15. The molecular formula is C50H31BN2S3. The molecule has 0 amide bonds. The Morgan fingerprint density at radius 2 is 0.964 bits per heavy atom. The number of hydrogen-bond acceptors (Lipinski definition) is 3. The quantitative estimate of drug-likeness (QED) is 0.162. The van der Waals surface area contributed by atoms with Crippen LogP contribution in [0.5, 0.6) is 0 Å². The summed E-state index contributed by atoms with van der Waals surface area (Å²) >= 11 is 5.83. The van der Waals surface area contributed by atoms with Gasteiger partial charge >= 0.3 is 0 Å². The Labute approximate surface area is 336 Å². The molecule has 0 fully saturated rings. The van der Waals surface area contributed by atoms with Crippen LogP contribution in [0.3, 0.4) is 0 Å². The lowest BCUT2D eigenvalue weighted by Gasteiger charge is -2.33. The average Bonchev–Trinajstić information content (AvgIpc) is 3.88. The van der Waals surface area contributed by atoms with Crippen LogP contribution in [0.25, 0.3) is 75.2 Å². The van der Waals surface area contributed by atoms with Gasteiger partial charge in [0.2, 0.25) is 6.71 Å². The van der Waals surface area contributed by atoms with Gasteiger partial charge in [-0.1, -0.05) is 143 Å². The van der Waals surface area contributed by atoms with E-state index in [1.54, 1.807) is 0 Å². The lowest BCUT2D eigenvalue weighted by Crippen LogP contribution is -2.58. The van der Waals surface area contributed by atoms with Gasteiger partial charge in [0.15, 0.2) is 0 Å². The van der Waals surface area contributed by atoms with E-state index in [2.05, 4.69) is 175 Å². The largest absolute Gasteiger partial charge is 0.308 e. The molecule has 0 radical (unpaired) electrons. The molecule has 0 bridgehead atoms. The van der Waals surface area contributed by atoms with Crippen LogP contribution in [0, 0.1) is 13.8 Å². The summed E-state index contributed by atoms with van der Waals surface area (Å²) in [5.74, 6) is 0. The van der Waals surface area contributed by atoms with Gasteiger partial charge in [0.25, 0.3) is 0 Å². The topological polar surface area (TPSA) is 9.86 Å². The molecule has 0 unspecified atom stereocenters. The van der Waals surface area contributed by atoms with Crippen molar-refractivity contribution in [2.45, 2.75) is 33.4 Å². The number of hydrogen-bond donors (Lipinski definition) is 0. The number of rotatable bonds is 2. The van der Waals surface area contributed by atoms with Gasteiger partial charge in [0, 0.05) is 72.7 Å². The number of nitrogens with zero attached hydrogens (tertiary/aromatic N) is 2. The predicted molar refractivity (Wildman–Crippen MR) is 243 cm³/mol.